The summed E-state index contributed by atoms with van der Waals surface area (Å²) in [5, 5.41) is 14.3. The highest BCUT2D eigenvalue weighted by molar-refractivity contribution is 5.91. The standard InChI is InChI=1S/C14H19N5O.ClH/c1-3-15-11(2)9-16-14(20)13-10-17-19(18-13)12-7-5-4-6-8-12;/h4-8,10-11,15H,3,9H2,1-2H3,(H,16,20);1H/t11-;/m1./s1. The fourth-order valence-corrected chi connectivity index (χ4v) is 1.81. The molecule has 1 amide bonds. The van der Waals surface area contributed by atoms with Crippen molar-refractivity contribution >= 4 is 18.3 Å². The summed E-state index contributed by atoms with van der Waals surface area (Å²) in [6.07, 6.45) is 1.47. The van der Waals surface area contributed by atoms with Gasteiger partial charge in [-0.2, -0.15) is 9.90 Å². The van der Waals surface area contributed by atoms with Crippen LogP contribution in [0.3, 0.4) is 0 Å². The molecule has 114 valence electrons. The molecule has 0 fully saturated rings. The van der Waals surface area contributed by atoms with Crippen LogP contribution in [0.1, 0.15) is 24.3 Å². The van der Waals surface area contributed by atoms with Crippen molar-refractivity contribution in [2.45, 2.75) is 19.9 Å². The first-order valence-corrected chi connectivity index (χ1v) is 6.70. The van der Waals surface area contributed by atoms with E-state index in [0.717, 1.165) is 12.2 Å². The van der Waals surface area contributed by atoms with Gasteiger partial charge in [0.15, 0.2) is 5.69 Å². The van der Waals surface area contributed by atoms with Crippen LogP contribution in [0, 0.1) is 0 Å². The number of rotatable bonds is 6. The number of likely N-dealkylation sites (N-methyl/N-ethyl adjacent to an activating group) is 1. The van der Waals surface area contributed by atoms with E-state index < -0.39 is 0 Å². The molecule has 2 N–H and O–H groups in total. The topological polar surface area (TPSA) is 71.8 Å². The van der Waals surface area contributed by atoms with E-state index >= 15 is 0 Å². The highest BCUT2D eigenvalue weighted by Gasteiger charge is 2.12. The van der Waals surface area contributed by atoms with Gasteiger partial charge in [-0.3, -0.25) is 4.79 Å². The van der Waals surface area contributed by atoms with Crippen LogP contribution in [-0.4, -0.2) is 40.0 Å². The van der Waals surface area contributed by atoms with E-state index in [1.165, 1.54) is 11.0 Å². The molecule has 1 atom stereocenters. The Labute approximate surface area is 130 Å². The number of benzene rings is 1. The number of carbonyl (C=O) groups is 1. The molecule has 1 heterocycles. The second-order valence-electron chi connectivity index (χ2n) is 4.52. The molecular weight excluding hydrogens is 290 g/mol. The van der Waals surface area contributed by atoms with E-state index in [1.807, 2.05) is 44.2 Å². The second kappa shape index (κ2) is 8.39. The molecule has 0 aliphatic rings. The number of aromatic nitrogens is 3. The second-order valence-corrected chi connectivity index (χ2v) is 4.52. The number of carbonyl (C=O) groups excluding carboxylic acids is 1. The predicted molar refractivity (Wildman–Crippen MR) is 84.1 cm³/mol. The zero-order valence-corrected chi connectivity index (χ0v) is 12.9. The van der Waals surface area contributed by atoms with Gasteiger partial charge < -0.3 is 10.6 Å². The zero-order chi connectivity index (χ0) is 14.4. The van der Waals surface area contributed by atoms with Gasteiger partial charge in [0.05, 0.1) is 11.9 Å². The molecule has 6 nitrogen and oxygen atoms in total. The molecule has 21 heavy (non-hydrogen) atoms. The fraction of sp³-hybridized carbons (Fsp3) is 0.357. The lowest BCUT2D eigenvalue weighted by Gasteiger charge is -2.12. The third kappa shape index (κ3) is 4.84. The van der Waals surface area contributed by atoms with Crippen molar-refractivity contribution in [3.8, 4) is 5.69 Å². The summed E-state index contributed by atoms with van der Waals surface area (Å²) in [5.74, 6) is -0.211. The highest BCUT2D eigenvalue weighted by Crippen LogP contribution is 2.04. The number of nitrogens with zero attached hydrogens (tertiary/aromatic N) is 3. The number of para-hydroxylation sites is 1. The van der Waals surface area contributed by atoms with Crippen molar-refractivity contribution in [2.75, 3.05) is 13.1 Å². The summed E-state index contributed by atoms with van der Waals surface area (Å²) in [6, 6.07) is 9.72. The lowest BCUT2D eigenvalue weighted by atomic mass is 10.3. The van der Waals surface area contributed by atoms with E-state index in [1.54, 1.807) is 0 Å². The van der Waals surface area contributed by atoms with E-state index in [4.69, 9.17) is 0 Å². The van der Waals surface area contributed by atoms with Crippen molar-refractivity contribution in [2.24, 2.45) is 0 Å². The maximum absolute atomic E-state index is 11.9. The first-order chi connectivity index (χ1) is 9.70. The summed E-state index contributed by atoms with van der Waals surface area (Å²) in [7, 11) is 0. The average Bonchev–Trinajstić information content (AvgIpc) is 2.96. The van der Waals surface area contributed by atoms with E-state index in [2.05, 4.69) is 20.8 Å². The third-order valence-electron chi connectivity index (χ3n) is 2.83. The summed E-state index contributed by atoms with van der Waals surface area (Å²) < 4.78 is 0. The Hall–Kier alpha value is -1.92. The van der Waals surface area contributed by atoms with Crippen molar-refractivity contribution in [3.63, 3.8) is 0 Å². The van der Waals surface area contributed by atoms with Crippen LogP contribution in [-0.2, 0) is 0 Å². The smallest absolute Gasteiger partial charge is 0.273 e. The Kier molecular flexibility index (Phi) is 6.84. The maximum Gasteiger partial charge on any atom is 0.273 e. The Morgan fingerprint density at radius 3 is 2.71 bits per heavy atom. The van der Waals surface area contributed by atoms with Gasteiger partial charge >= 0.3 is 0 Å². The van der Waals surface area contributed by atoms with Crippen LogP contribution in [0.15, 0.2) is 36.5 Å². The molecule has 0 saturated carbocycles. The summed E-state index contributed by atoms with van der Waals surface area (Å²) in [6.45, 7) is 5.49. The van der Waals surface area contributed by atoms with Gasteiger partial charge in [0.2, 0.25) is 0 Å². The predicted octanol–water partition coefficient (Wildman–Crippen LogP) is 1.42. The van der Waals surface area contributed by atoms with E-state index in [0.29, 0.717) is 12.2 Å². The third-order valence-corrected chi connectivity index (χ3v) is 2.83. The zero-order valence-electron chi connectivity index (χ0n) is 12.1. The van der Waals surface area contributed by atoms with Gasteiger partial charge in [-0.25, -0.2) is 0 Å². The SMILES string of the molecule is CCN[C@H](C)CNC(=O)c1cnn(-c2ccccc2)n1.Cl. The molecule has 1 aromatic heterocycles. The number of hydrogen-bond acceptors (Lipinski definition) is 4. The summed E-state index contributed by atoms with van der Waals surface area (Å²) in [4.78, 5) is 13.4. The Morgan fingerprint density at radius 2 is 2.05 bits per heavy atom. The minimum absolute atomic E-state index is 0. The molecule has 7 heteroatoms. The molecule has 2 aromatic rings. The van der Waals surface area contributed by atoms with E-state index in [9.17, 15) is 4.79 Å². The molecule has 0 bridgehead atoms. The Bertz CT molecular complexity index is 558. The molecule has 1 aromatic carbocycles. The first-order valence-electron chi connectivity index (χ1n) is 6.70. The number of halogens is 1. The van der Waals surface area contributed by atoms with Crippen LogP contribution >= 0.6 is 12.4 Å². The van der Waals surface area contributed by atoms with Crippen molar-refractivity contribution in [3.05, 3.63) is 42.2 Å². The van der Waals surface area contributed by atoms with Crippen LogP contribution in [0.4, 0.5) is 0 Å². The first kappa shape index (κ1) is 17.1. The lowest BCUT2D eigenvalue weighted by Crippen LogP contribution is -2.38. The van der Waals surface area contributed by atoms with Crippen LogP contribution in [0.5, 0.6) is 0 Å². The maximum atomic E-state index is 11.9. The molecule has 0 radical (unpaired) electrons. The minimum atomic E-state index is -0.211. The average molecular weight is 310 g/mol. The number of nitrogens with one attached hydrogen (secondary N) is 2. The molecule has 0 unspecified atom stereocenters. The van der Waals surface area contributed by atoms with Crippen molar-refractivity contribution < 1.29 is 4.79 Å². The van der Waals surface area contributed by atoms with Crippen molar-refractivity contribution in [1.29, 1.82) is 0 Å². The quantitative estimate of drug-likeness (QED) is 0.846. The van der Waals surface area contributed by atoms with Crippen LogP contribution < -0.4 is 10.6 Å². The minimum Gasteiger partial charge on any atom is -0.349 e. The Balaban J connectivity index is 0.00000220. The molecule has 0 spiro atoms. The van der Waals surface area contributed by atoms with Crippen LogP contribution in [0.2, 0.25) is 0 Å². The van der Waals surface area contributed by atoms with Gasteiger partial charge in [0.25, 0.3) is 5.91 Å². The molecule has 0 aliphatic carbocycles. The molecule has 2 rings (SSSR count). The number of hydrogen-bond donors (Lipinski definition) is 2. The molecular formula is C14H20ClN5O. The van der Waals surface area contributed by atoms with Gasteiger partial charge in [-0.1, -0.05) is 25.1 Å². The molecule has 0 aliphatic heterocycles. The Morgan fingerprint density at radius 1 is 1.33 bits per heavy atom. The monoisotopic (exact) mass is 309 g/mol. The van der Waals surface area contributed by atoms with Gasteiger partial charge in [-0.05, 0) is 25.6 Å². The summed E-state index contributed by atoms with van der Waals surface area (Å²) in [5.41, 5.74) is 1.14. The summed E-state index contributed by atoms with van der Waals surface area (Å²) >= 11 is 0. The van der Waals surface area contributed by atoms with Gasteiger partial charge in [0.1, 0.15) is 0 Å². The van der Waals surface area contributed by atoms with Gasteiger partial charge in [-0.15, -0.1) is 17.5 Å². The highest BCUT2D eigenvalue weighted by atomic mass is 35.5. The molecule has 0 saturated heterocycles. The number of amides is 1. The normalized spacial score (nSPS) is 11.5. The fourth-order valence-electron chi connectivity index (χ4n) is 1.81. The van der Waals surface area contributed by atoms with Crippen molar-refractivity contribution in [1.82, 2.24) is 25.6 Å². The van der Waals surface area contributed by atoms with Gasteiger partial charge in [0, 0.05) is 12.6 Å². The van der Waals surface area contributed by atoms with Crippen LogP contribution in [0.25, 0.3) is 5.69 Å². The lowest BCUT2D eigenvalue weighted by molar-refractivity contribution is 0.0945. The van der Waals surface area contributed by atoms with E-state index in [-0.39, 0.29) is 24.4 Å². The largest absolute Gasteiger partial charge is 0.349 e.